The first kappa shape index (κ1) is 35.1. The summed E-state index contributed by atoms with van der Waals surface area (Å²) in [5.74, 6) is 0. The highest BCUT2D eigenvalue weighted by Crippen LogP contribution is 2.59. The first-order chi connectivity index (χ1) is 22.7. The Labute approximate surface area is 285 Å². The monoisotopic (exact) mass is 686 g/mol. The second-order valence-electron chi connectivity index (χ2n) is 12.3. The minimum Gasteiger partial charge on any atom is -0.309 e. The molecule has 0 heterocycles. The Balaban J connectivity index is 1.48. The van der Waals surface area contributed by atoms with Crippen molar-refractivity contribution in [3.05, 3.63) is 175 Å². The van der Waals surface area contributed by atoms with Crippen LogP contribution in [0.1, 0.15) is 27.7 Å². The van der Waals surface area contributed by atoms with E-state index in [0.717, 1.165) is 48.8 Å². The summed E-state index contributed by atoms with van der Waals surface area (Å²) in [5.41, 5.74) is 3.86. The van der Waals surface area contributed by atoms with Gasteiger partial charge in [-0.15, -0.1) is 0 Å². The Morgan fingerprint density at radius 1 is 0.354 bits per heavy atom. The van der Waals surface area contributed by atoms with E-state index < -0.39 is 21.4 Å². The molecule has 0 radical (unpaired) electrons. The molecule has 0 unspecified atom stereocenters. The molecule has 0 aliphatic rings. The summed E-state index contributed by atoms with van der Waals surface area (Å²) in [5, 5.41) is 6.11. The van der Waals surface area contributed by atoms with E-state index in [2.05, 4.69) is 26.3 Å². The van der Waals surface area contributed by atoms with Gasteiger partial charge in [0.05, 0.1) is 0 Å². The van der Waals surface area contributed by atoms with Crippen molar-refractivity contribution >= 4 is 47.9 Å². The first-order valence-corrected chi connectivity index (χ1v) is 20.8. The molecule has 0 bridgehead atoms. The molecule has 242 valence electrons. The molecule has 0 aliphatic carbocycles. The fourth-order valence-electron chi connectivity index (χ4n) is 6.07. The Kier molecular flexibility index (Phi) is 10.0. The molecule has 0 saturated heterocycles. The lowest BCUT2D eigenvalue weighted by molar-refractivity contribution is 0.588. The van der Waals surface area contributed by atoms with E-state index in [1.54, 1.807) is 27.7 Å². The van der Waals surface area contributed by atoms with E-state index in [0.29, 0.717) is 21.3 Å². The van der Waals surface area contributed by atoms with E-state index in [-0.39, 0.29) is 0 Å². The van der Waals surface area contributed by atoms with Crippen LogP contribution in [0.5, 0.6) is 0 Å². The number of rotatable bonds is 11. The van der Waals surface area contributed by atoms with Crippen molar-refractivity contribution < 1.29 is 13.7 Å². The predicted molar refractivity (Wildman–Crippen MR) is 210 cm³/mol. The van der Waals surface area contributed by atoms with Crippen LogP contribution in [0.3, 0.4) is 0 Å². The fraction of sp³-hybridized carbons (Fsp3) is 0.0952. The lowest BCUT2D eigenvalue weighted by atomic mass is 10.1. The van der Waals surface area contributed by atoms with Gasteiger partial charge in [-0.1, -0.05) is 154 Å². The summed E-state index contributed by atoms with van der Waals surface area (Å²) < 4.78 is 42.5. The summed E-state index contributed by atoms with van der Waals surface area (Å²) in [4.78, 5) is 0. The van der Waals surface area contributed by atoms with E-state index in [1.807, 2.05) is 127 Å². The van der Waals surface area contributed by atoms with Gasteiger partial charge in [0.2, 0.25) is 0 Å². The molecule has 5 aromatic carbocycles. The fourth-order valence-corrected chi connectivity index (χ4v) is 12.9. The van der Waals surface area contributed by atoms with Gasteiger partial charge in [0, 0.05) is 26.5 Å². The molecule has 5 aromatic rings. The van der Waals surface area contributed by atoms with Crippen LogP contribution in [0.15, 0.2) is 175 Å². The van der Waals surface area contributed by atoms with Crippen molar-refractivity contribution in [2.45, 2.75) is 27.7 Å². The number of hydrogen-bond acceptors (Lipinski definition) is 3. The van der Waals surface area contributed by atoms with Crippen molar-refractivity contribution in [3.8, 4) is 22.3 Å². The van der Waals surface area contributed by atoms with E-state index in [4.69, 9.17) is 0 Å². The van der Waals surface area contributed by atoms with Crippen molar-refractivity contribution in [2.75, 3.05) is 0 Å². The molecule has 0 N–H and O–H groups in total. The Morgan fingerprint density at radius 2 is 0.583 bits per heavy atom. The zero-order valence-corrected chi connectivity index (χ0v) is 30.7. The molecular formula is C42H41O3P3. The second kappa shape index (κ2) is 13.7. The normalized spacial score (nSPS) is 11.9. The van der Waals surface area contributed by atoms with Gasteiger partial charge in [-0.3, -0.25) is 0 Å². The number of benzene rings is 5. The van der Waals surface area contributed by atoms with Crippen LogP contribution in [-0.2, 0) is 13.7 Å². The largest absolute Gasteiger partial charge is 0.309 e. The molecule has 3 nitrogen and oxygen atoms in total. The lowest BCUT2D eigenvalue weighted by Crippen LogP contribution is -2.25. The quantitative estimate of drug-likeness (QED) is 0.130. The van der Waals surface area contributed by atoms with Gasteiger partial charge in [-0.05, 0) is 71.2 Å². The van der Waals surface area contributed by atoms with E-state index in [9.17, 15) is 9.13 Å². The van der Waals surface area contributed by atoms with Crippen molar-refractivity contribution in [2.24, 2.45) is 0 Å². The number of allylic oxidation sites excluding steroid dienone is 4. The molecule has 6 heteroatoms. The molecule has 0 saturated carbocycles. The van der Waals surface area contributed by atoms with Crippen LogP contribution in [0.2, 0.25) is 0 Å². The number of hydrogen-bond donors (Lipinski definition) is 0. The third kappa shape index (κ3) is 6.20. The maximum absolute atomic E-state index is 15.2. The van der Waals surface area contributed by atoms with Gasteiger partial charge in [0.15, 0.2) is 21.4 Å². The summed E-state index contributed by atoms with van der Waals surface area (Å²) >= 11 is 0. The molecule has 0 fully saturated rings. The molecule has 48 heavy (non-hydrogen) atoms. The SMILES string of the molecule is C=C(C)P(=O)(C(=C)C)c1ccc(-c2ccc(P(=O)(c3ccccc3)c3ccc(-c4ccc(P(=O)(C(=C)C)C(=C)C)cc4)cc3)cc2)cc1. The third-order valence-corrected chi connectivity index (χ3v) is 18.3. The molecule has 5 rings (SSSR count). The minimum absolute atomic E-state index is 0.614. The van der Waals surface area contributed by atoms with Crippen LogP contribution >= 0.6 is 21.4 Å². The summed E-state index contributed by atoms with van der Waals surface area (Å²) in [6.07, 6.45) is 0. The van der Waals surface area contributed by atoms with E-state index >= 15 is 4.57 Å². The summed E-state index contributed by atoms with van der Waals surface area (Å²) in [7, 11) is -9.03. The second-order valence-corrected chi connectivity index (χ2v) is 21.6. The summed E-state index contributed by atoms with van der Waals surface area (Å²) in [6, 6.07) is 40.7. The van der Waals surface area contributed by atoms with E-state index in [1.165, 1.54) is 0 Å². The molecule has 0 spiro atoms. The molecule has 0 aromatic heterocycles. The van der Waals surface area contributed by atoms with Crippen LogP contribution in [0, 0.1) is 0 Å². The van der Waals surface area contributed by atoms with Gasteiger partial charge in [0.25, 0.3) is 0 Å². The molecule has 0 atom stereocenters. The lowest BCUT2D eigenvalue weighted by Gasteiger charge is -2.21. The zero-order valence-electron chi connectivity index (χ0n) is 28.0. The smallest absolute Gasteiger partial charge is 0.171 e. The molecular weight excluding hydrogens is 645 g/mol. The molecule has 0 amide bonds. The molecule has 0 aliphatic heterocycles. The van der Waals surface area contributed by atoms with Gasteiger partial charge >= 0.3 is 0 Å². The van der Waals surface area contributed by atoms with Crippen molar-refractivity contribution in [3.63, 3.8) is 0 Å². The highest BCUT2D eigenvalue weighted by Gasteiger charge is 2.31. The minimum atomic E-state index is -3.22. The maximum atomic E-state index is 15.2. The predicted octanol–water partition coefficient (Wildman–Crippen LogP) is 10.8. The first-order valence-electron chi connectivity index (χ1n) is 15.7. The van der Waals surface area contributed by atoms with Crippen molar-refractivity contribution in [1.29, 1.82) is 0 Å². The van der Waals surface area contributed by atoms with Gasteiger partial charge in [0.1, 0.15) is 0 Å². The highest BCUT2D eigenvalue weighted by molar-refractivity contribution is 7.85. The average molecular weight is 687 g/mol. The van der Waals surface area contributed by atoms with Crippen LogP contribution in [-0.4, -0.2) is 0 Å². The van der Waals surface area contributed by atoms with Crippen molar-refractivity contribution in [1.82, 2.24) is 0 Å². The average Bonchev–Trinajstić information content (AvgIpc) is 3.11. The Hall–Kier alpha value is -4.25. The summed E-state index contributed by atoms with van der Waals surface area (Å²) in [6.45, 7) is 23.0. The topological polar surface area (TPSA) is 51.2 Å². The third-order valence-electron chi connectivity index (χ3n) is 8.86. The van der Waals surface area contributed by atoms with Gasteiger partial charge in [-0.2, -0.15) is 0 Å². The van der Waals surface area contributed by atoms with Crippen LogP contribution in [0.25, 0.3) is 22.3 Å². The van der Waals surface area contributed by atoms with Crippen LogP contribution in [0.4, 0.5) is 0 Å². The van der Waals surface area contributed by atoms with Gasteiger partial charge < -0.3 is 13.7 Å². The highest BCUT2D eigenvalue weighted by atomic mass is 31.2. The van der Waals surface area contributed by atoms with Gasteiger partial charge in [-0.25, -0.2) is 0 Å². The van der Waals surface area contributed by atoms with Crippen LogP contribution < -0.4 is 26.5 Å². The Morgan fingerprint density at radius 3 is 0.833 bits per heavy atom. The Bertz CT molecular complexity index is 2000. The standard InChI is InChI=1S/C42H41O3P3/c1-30(2)46(43,31(3)4)39-22-14-34(15-23-39)36-18-26-41(27-19-36)48(45,38-12-10-9-11-13-38)42-28-20-37(21-29-42)35-16-24-40(25-17-35)47(44,32(5)6)33(7)8/h9-29H,1,3,5,7H2,2,4,6,8H3. The zero-order chi connectivity index (χ0) is 34.9. The maximum Gasteiger partial charge on any atom is 0.171 e.